The molecule has 1 saturated heterocycles. The molecule has 0 unspecified atom stereocenters. The first kappa shape index (κ1) is 22.0. The number of morpholine rings is 1. The van der Waals surface area contributed by atoms with Gasteiger partial charge in [0.2, 0.25) is 0 Å². The minimum Gasteiger partial charge on any atom is -0.484 e. The highest BCUT2D eigenvalue weighted by molar-refractivity contribution is 7.98. The molecule has 0 N–H and O–H groups in total. The van der Waals surface area contributed by atoms with Gasteiger partial charge in [-0.15, -0.1) is 11.8 Å². The molecule has 0 saturated carbocycles. The van der Waals surface area contributed by atoms with E-state index in [1.165, 1.54) is 35.6 Å². The standard InChI is InChI=1S/C22H24FN3O3S2/c1-30-18-6-7-19-20(14-18)31-22(24-19)26(9-8-25-10-12-28-13-11-25)21(27)15-29-17-4-2-16(23)3-5-17/h2-7,14H,8-13,15H2,1H3. The molecule has 164 valence electrons. The highest BCUT2D eigenvalue weighted by Gasteiger charge is 2.22. The van der Waals surface area contributed by atoms with Gasteiger partial charge in [-0.2, -0.15) is 0 Å². The van der Waals surface area contributed by atoms with E-state index in [9.17, 15) is 9.18 Å². The first-order valence-corrected chi connectivity index (χ1v) is 12.1. The van der Waals surface area contributed by atoms with Crippen LogP contribution in [0.4, 0.5) is 9.52 Å². The van der Waals surface area contributed by atoms with E-state index in [0.29, 0.717) is 30.6 Å². The molecule has 1 aromatic heterocycles. The van der Waals surface area contributed by atoms with Crippen molar-refractivity contribution in [3.63, 3.8) is 0 Å². The molecule has 2 aromatic carbocycles. The van der Waals surface area contributed by atoms with Gasteiger partial charge in [-0.25, -0.2) is 9.37 Å². The zero-order valence-corrected chi connectivity index (χ0v) is 18.9. The van der Waals surface area contributed by atoms with Gasteiger partial charge in [0.25, 0.3) is 5.91 Å². The normalized spacial score (nSPS) is 14.6. The third-order valence-electron chi connectivity index (χ3n) is 5.04. The number of hydrogen-bond acceptors (Lipinski definition) is 7. The summed E-state index contributed by atoms with van der Waals surface area (Å²) in [7, 11) is 0. The Labute approximate surface area is 189 Å². The van der Waals surface area contributed by atoms with E-state index in [1.807, 2.05) is 18.4 Å². The van der Waals surface area contributed by atoms with Crippen LogP contribution >= 0.6 is 23.1 Å². The number of anilines is 1. The number of nitrogens with zero attached hydrogens (tertiary/aromatic N) is 3. The smallest absolute Gasteiger partial charge is 0.266 e. The molecule has 4 rings (SSSR count). The van der Waals surface area contributed by atoms with E-state index >= 15 is 0 Å². The van der Waals surface area contributed by atoms with Crippen LogP contribution in [-0.4, -0.2) is 68.0 Å². The predicted octanol–water partition coefficient (Wildman–Crippen LogP) is 3.90. The molecular formula is C22H24FN3O3S2. The molecule has 31 heavy (non-hydrogen) atoms. The summed E-state index contributed by atoms with van der Waals surface area (Å²) < 4.78 is 25.2. The van der Waals surface area contributed by atoms with Gasteiger partial charge in [0.1, 0.15) is 11.6 Å². The number of rotatable bonds is 8. The molecule has 0 aliphatic carbocycles. The number of ether oxygens (including phenoxy) is 2. The Morgan fingerprint density at radius 3 is 2.77 bits per heavy atom. The lowest BCUT2D eigenvalue weighted by atomic mass is 10.3. The third kappa shape index (κ3) is 5.74. The van der Waals surface area contributed by atoms with E-state index in [2.05, 4.69) is 11.0 Å². The SMILES string of the molecule is CSc1ccc2nc(N(CCN3CCOCC3)C(=O)COc3ccc(F)cc3)sc2c1. The van der Waals surface area contributed by atoms with Crippen LogP contribution in [0.5, 0.6) is 5.75 Å². The topological polar surface area (TPSA) is 54.9 Å². The molecule has 1 aliphatic rings. The monoisotopic (exact) mass is 461 g/mol. The molecule has 1 aliphatic heterocycles. The first-order chi connectivity index (χ1) is 15.1. The fourth-order valence-electron chi connectivity index (χ4n) is 3.28. The molecule has 0 spiro atoms. The Hall–Kier alpha value is -2.20. The number of benzene rings is 2. The van der Waals surface area contributed by atoms with Crippen LogP contribution in [0.15, 0.2) is 47.4 Å². The molecule has 1 fully saturated rings. The van der Waals surface area contributed by atoms with Crippen molar-refractivity contribution in [1.29, 1.82) is 0 Å². The lowest BCUT2D eigenvalue weighted by molar-refractivity contribution is -0.120. The lowest BCUT2D eigenvalue weighted by Crippen LogP contribution is -2.44. The van der Waals surface area contributed by atoms with Crippen molar-refractivity contribution >= 4 is 44.4 Å². The molecular weight excluding hydrogens is 437 g/mol. The summed E-state index contributed by atoms with van der Waals surface area (Å²) in [6, 6.07) is 11.8. The molecule has 2 heterocycles. The van der Waals surface area contributed by atoms with Gasteiger partial charge < -0.3 is 9.47 Å². The number of carbonyl (C=O) groups excluding carboxylic acids is 1. The number of hydrogen-bond donors (Lipinski definition) is 0. The van der Waals surface area contributed by atoms with Gasteiger partial charge in [-0.1, -0.05) is 11.3 Å². The number of thioether (sulfide) groups is 1. The number of amides is 1. The number of carbonyl (C=O) groups is 1. The Morgan fingerprint density at radius 2 is 2.03 bits per heavy atom. The van der Waals surface area contributed by atoms with E-state index in [4.69, 9.17) is 14.5 Å². The Kier molecular flexibility index (Phi) is 7.39. The van der Waals surface area contributed by atoms with Crippen molar-refractivity contribution in [2.24, 2.45) is 0 Å². The molecule has 6 nitrogen and oxygen atoms in total. The largest absolute Gasteiger partial charge is 0.484 e. The molecule has 3 aromatic rings. The minimum absolute atomic E-state index is 0.138. The second kappa shape index (κ2) is 10.4. The maximum atomic E-state index is 13.1. The second-order valence-corrected chi connectivity index (χ2v) is 8.96. The Morgan fingerprint density at radius 1 is 1.26 bits per heavy atom. The maximum Gasteiger partial charge on any atom is 0.266 e. The fourth-order valence-corrected chi connectivity index (χ4v) is 4.84. The van der Waals surface area contributed by atoms with Gasteiger partial charge in [0.15, 0.2) is 11.7 Å². The lowest BCUT2D eigenvalue weighted by Gasteiger charge is -2.29. The van der Waals surface area contributed by atoms with Crippen LogP contribution in [0.1, 0.15) is 0 Å². The quantitative estimate of drug-likeness (QED) is 0.474. The van der Waals surface area contributed by atoms with E-state index in [1.54, 1.807) is 16.7 Å². The maximum absolute atomic E-state index is 13.1. The molecule has 9 heteroatoms. The summed E-state index contributed by atoms with van der Waals surface area (Å²) >= 11 is 3.18. The van der Waals surface area contributed by atoms with Gasteiger partial charge in [-0.3, -0.25) is 14.6 Å². The Bertz CT molecular complexity index is 1020. The fraction of sp³-hybridized carbons (Fsp3) is 0.364. The third-order valence-corrected chi connectivity index (χ3v) is 6.80. The van der Waals surface area contributed by atoms with Crippen molar-refractivity contribution in [2.75, 3.05) is 57.2 Å². The van der Waals surface area contributed by atoms with Crippen LogP contribution < -0.4 is 9.64 Å². The van der Waals surface area contributed by atoms with Crippen molar-refractivity contribution in [3.05, 3.63) is 48.3 Å². The summed E-state index contributed by atoms with van der Waals surface area (Å²) in [5.41, 5.74) is 0.876. The summed E-state index contributed by atoms with van der Waals surface area (Å²) in [5.74, 6) is -0.0663. The number of halogens is 1. The number of fused-ring (bicyclic) bond motifs is 1. The van der Waals surface area contributed by atoms with E-state index in [-0.39, 0.29) is 18.3 Å². The van der Waals surface area contributed by atoms with Gasteiger partial charge >= 0.3 is 0 Å². The van der Waals surface area contributed by atoms with Crippen molar-refractivity contribution < 1.29 is 18.7 Å². The van der Waals surface area contributed by atoms with Gasteiger partial charge in [-0.05, 0) is 48.7 Å². The average Bonchev–Trinajstić information content (AvgIpc) is 3.22. The van der Waals surface area contributed by atoms with Crippen LogP contribution in [-0.2, 0) is 9.53 Å². The van der Waals surface area contributed by atoms with Crippen LogP contribution in [0.2, 0.25) is 0 Å². The summed E-state index contributed by atoms with van der Waals surface area (Å²) in [6.07, 6.45) is 2.04. The second-order valence-electron chi connectivity index (χ2n) is 7.07. The van der Waals surface area contributed by atoms with Crippen molar-refractivity contribution in [1.82, 2.24) is 9.88 Å². The van der Waals surface area contributed by atoms with Crippen molar-refractivity contribution in [2.45, 2.75) is 4.90 Å². The van der Waals surface area contributed by atoms with Crippen LogP contribution in [0.25, 0.3) is 10.2 Å². The average molecular weight is 462 g/mol. The Balaban J connectivity index is 1.51. The van der Waals surface area contributed by atoms with E-state index in [0.717, 1.165) is 34.7 Å². The molecule has 1 amide bonds. The number of thiazole rings is 1. The first-order valence-electron chi connectivity index (χ1n) is 10.1. The summed E-state index contributed by atoms with van der Waals surface area (Å²) in [5, 5.41) is 0.661. The van der Waals surface area contributed by atoms with Gasteiger partial charge in [0, 0.05) is 31.1 Å². The molecule has 0 bridgehead atoms. The zero-order chi connectivity index (χ0) is 21.6. The van der Waals surface area contributed by atoms with Crippen LogP contribution in [0.3, 0.4) is 0 Å². The minimum atomic E-state index is -0.343. The molecule has 0 radical (unpaired) electrons. The highest BCUT2D eigenvalue weighted by atomic mass is 32.2. The zero-order valence-electron chi connectivity index (χ0n) is 17.3. The van der Waals surface area contributed by atoms with Crippen LogP contribution in [0, 0.1) is 5.82 Å². The predicted molar refractivity (Wildman–Crippen MR) is 123 cm³/mol. The number of aromatic nitrogens is 1. The summed E-state index contributed by atoms with van der Waals surface area (Å²) in [6.45, 7) is 4.23. The van der Waals surface area contributed by atoms with Crippen molar-refractivity contribution in [3.8, 4) is 5.75 Å². The summed E-state index contributed by atoms with van der Waals surface area (Å²) in [4.78, 5) is 22.9. The van der Waals surface area contributed by atoms with Gasteiger partial charge in [0.05, 0.1) is 23.4 Å². The molecule has 0 atom stereocenters. The highest BCUT2D eigenvalue weighted by Crippen LogP contribution is 2.31. The van der Waals surface area contributed by atoms with E-state index < -0.39 is 0 Å².